The smallest absolute Gasteiger partial charge is 0.253 e. The highest BCUT2D eigenvalue weighted by Gasteiger charge is 2.24. The molecule has 1 amide bonds. The maximum absolute atomic E-state index is 12.9. The van der Waals surface area contributed by atoms with Gasteiger partial charge in [0.2, 0.25) is 0 Å². The summed E-state index contributed by atoms with van der Waals surface area (Å²) in [5.74, 6) is 0.146. The van der Waals surface area contributed by atoms with E-state index in [1.54, 1.807) is 0 Å². The van der Waals surface area contributed by atoms with E-state index in [0.29, 0.717) is 5.41 Å². The lowest BCUT2D eigenvalue weighted by Crippen LogP contribution is -2.50. The van der Waals surface area contributed by atoms with Crippen LogP contribution >= 0.6 is 0 Å². The van der Waals surface area contributed by atoms with Gasteiger partial charge in [-0.2, -0.15) is 0 Å². The van der Waals surface area contributed by atoms with Gasteiger partial charge in [-0.3, -0.25) is 9.69 Å². The second-order valence-electron chi connectivity index (χ2n) is 8.08. The molecule has 0 N–H and O–H groups in total. The SMILES string of the molecule is CC(C)(C)CN1CCN(C(=O)c2cccc(-c3ccccc3)c2)CC1. The molecule has 1 aliphatic rings. The summed E-state index contributed by atoms with van der Waals surface area (Å²) in [4.78, 5) is 17.3. The van der Waals surface area contributed by atoms with E-state index in [0.717, 1.165) is 49.4 Å². The second-order valence-corrected chi connectivity index (χ2v) is 8.08. The van der Waals surface area contributed by atoms with Gasteiger partial charge < -0.3 is 4.90 Å². The van der Waals surface area contributed by atoms with Crippen LogP contribution in [-0.4, -0.2) is 48.4 Å². The molecule has 0 aromatic heterocycles. The lowest BCUT2D eigenvalue weighted by Gasteiger charge is -2.37. The van der Waals surface area contributed by atoms with Crippen LogP contribution in [0.15, 0.2) is 54.6 Å². The van der Waals surface area contributed by atoms with Crippen LogP contribution in [0.3, 0.4) is 0 Å². The van der Waals surface area contributed by atoms with Gasteiger partial charge in [-0.1, -0.05) is 63.2 Å². The van der Waals surface area contributed by atoms with Crippen LogP contribution in [0.5, 0.6) is 0 Å². The third kappa shape index (κ3) is 4.70. The number of carbonyl (C=O) groups is 1. The first-order valence-corrected chi connectivity index (χ1v) is 9.09. The third-order valence-electron chi connectivity index (χ3n) is 4.57. The zero-order chi connectivity index (χ0) is 17.9. The quantitative estimate of drug-likeness (QED) is 0.840. The van der Waals surface area contributed by atoms with E-state index in [2.05, 4.69) is 43.9 Å². The van der Waals surface area contributed by atoms with E-state index in [4.69, 9.17) is 0 Å². The van der Waals surface area contributed by atoms with Gasteiger partial charge >= 0.3 is 0 Å². The number of carbonyl (C=O) groups excluding carboxylic acids is 1. The topological polar surface area (TPSA) is 23.6 Å². The van der Waals surface area contributed by atoms with Crippen molar-refractivity contribution in [3.8, 4) is 11.1 Å². The van der Waals surface area contributed by atoms with Gasteiger partial charge in [0.15, 0.2) is 0 Å². The van der Waals surface area contributed by atoms with E-state index >= 15 is 0 Å². The summed E-state index contributed by atoms with van der Waals surface area (Å²) >= 11 is 0. The second kappa shape index (κ2) is 7.40. The Morgan fingerprint density at radius 2 is 1.52 bits per heavy atom. The Morgan fingerprint density at radius 1 is 0.880 bits per heavy atom. The van der Waals surface area contributed by atoms with Crippen LogP contribution in [-0.2, 0) is 0 Å². The normalized spacial score (nSPS) is 16.0. The average Bonchev–Trinajstić information content (AvgIpc) is 2.61. The van der Waals surface area contributed by atoms with Gasteiger partial charge in [0.25, 0.3) is 5.91 Å². The molecule has 1 heterocycles. The lowest BCUT2D eigenvalue weighted by atomic mass is 9.95. The molecule has 1 aliphatic heterocycles. The standard InChI is InChI=1S/C22H28N2O/c1-22(2,3)17-23-12-14-24(15-13-23)21(25)20-11-7-10-19(16-20)18-8-5-4-6-9-18/h4-11,16H,12-15,17H2,1-3H3. The van der Waals surface area contributed by atoms with Gasteiger partial charge in [0.1, 0.15) is 0 Å². The minimum Gasteiger partial charge on any atom is -0.336 e. The van der Waals surface area contributed by atoms with Crippen molar-refractivity contribution in [1.29, 1.82) is 0 Å². The molecule has 0 aliphatic carbocycles. The molecular weight excluding hydrogens is 308 g/mol. The first-order valence-electron chi connectivity index (χ1n) is 9.09. The summed E-state index contributed by atoms with van der Waals surface area (Å²) in [6.45, 7) is 11.4. The first-order chi connectivity index (χ1) is 11.9. The van der Waals surface area contributed by atoms with Crippen molar-refractivity contribution in [2.24, 2.45) is 5.41 Å². The number of hydrogen-bond acceptors (Lipinski definition) is 2. The minimum atomic E-state index is 0.146. The summed E-state index contributed by atoms with van der Waals surface area (Å²) in [6, 6.07) is 18.2. The van der Waals surface area contributed by atoms with E-state index in [1.807, 2.05) is 41.3 Å². The number of benzene rings is 2. The molecule has 0 radical (unpaired) electrons. The summed E-state index contributed by atoms with van der Waals surface area (Å²) < 4.78 is 0. The highest BCUT2D eigenvalue weighted by molar-refractivity contribution is 5.95. The van der Waals surface area contributed by atoms with E-state index in [-0.39, 0.29) is 5.91 Å². The summed E-state index contributed by atoms with van der Waals surface area (Å²) in [7, 11) is 0. The maximum atomic E-state index is 12.9. The predicted molar refractivity (Wildman–Crippen MR) is 104 cm³/mol. The van der Waals surface area contributed by atoms with Crippen LogP contribution in [0.4, 0.5) is 0 Å². The number of rotatable bonds is 3. The van der Waals surface area contributed by atoms with Crippen molar-refractivity contribution in [1.82, 2.24) is 9.80 Å². The Hall–Kier alpha value is -2.13. The zero-order valence-corrected chi connectivity index (χ0v) is 15.5. The Bertz CT molecular complexity index is 710. The molecule has 1 saturated heterocycles. The summed E-state index contributed by atoms with van der Waals surface area (Å²) in [5, 5.41) is 0. The Morgan fingerprint density at radius 3 is 2.16 bits per heavy atom. The van der Waals surface area contributed by atoms with Crippen molar-refractivity contribution in [2.45, 2.75) is 20.8 Å². The van der Waals surface area contributed by atoms with Crippen molar-refractivity contribution >= 4 is 5.91 Å². The van der Waals surface area contributed by atoms with Crippen LogP contribution in [0.1, 0.15) is 31.1 Å². The molecule has 0 bridgehead atoms. The molecule has 25 heavy (non-hydrogen) atoms. The molecule has 0 unspecified atom stereocenters. The molecule has 132 valence electrons. The van der Waals surface area contributed by atoms with Gasteiger partial charge in [-0.05, 0) is 28.7 Å². The number of hydrogen-bond donors (Lipinski definition) is 0. The fourth-order valence-electron chi connectivity index (χ4n) is 3.42. The fourth-order valence-corrected chi connectivity index (χ4v) is 3.42. The molecule has 2 aromatic carbocycles. The first kappa shape index (κ1) is 17.7. The largest absolute Gasteiger partial charge is 0.336 e. The van der Waals surface area contributed by atoms with Gasteiger partial charge in [-0.15, -0.1) is 0 Å². The monoisotopic (exact) mass is 336 g/mol. The van der Waals surface area contributed by atoms with E-state index in [9.17, 15) is 4.79 Å². The van der Waals surface area contributed by atoms with Crippen molar-refractivity contribution < 1.29 is 4.79 Å². The molecular formula is C22H28N2O. The Labute approximate surface area is 151 Å². The minimum absolute atomic E-state index is 0.146. The molecule has 3 nitrogen and oxygen atoms in total. The number of nitrogens with zero attached hydrogens (tertiary/aromatic N) is 2. The number of amides is 1. The van der Waals surface area contributed by atoms with E-state index < -0.39 is 0 Å². The van der Waals surface area contributed by atoms with Gasteiger partial charge in [-0.25, -0.2) is 0 Å². The van der Waals surface area contributed by atoms with Gasteiger partial charge in [0, 0.05) is 38.3 Å². The van der Waals surface area contributed by atoms with Crippen LogP contribution in [0, 0.1) is 5.41 Å². The zero-order valence-electron chi connectivity index (χ0n) is 15.5. The highest BCUT2D eigenvalue weighted by atomic mass is 16.2. The molecule has 1 fully saturated rings. The molecule has 0 spiro atoms. The van der Waals surface area contributed by atoms with Crippen LogP contribution in [0.25, 0.3) is 11.1 Å². The molecule has 3 heteroatoms. The highest BCUT2D eigenvalue weighted by Crippen LogP contribution is 2.22. The molecule has 0 atom stereocenters. The van der Waals surface area contributed by atoms with Crippen LogP contribution < -0.4 is 0 Å². The van der Waals surface area contributed by atoms with Crippen molar-refractivity contribution in [3.63, 3.8) is 0 Å². The van der Waals surface area contributed by atoms with Crippen LogP contribution in [0.2, 0.25) is 0 Å². The number of piperazine rings is 1. The average molecular weight is 336 g/mol. The lowest BCUT2D eigenvalue weighted by molar-refractivity contribution is 0.0592. The summed E-state index contributed by atoms with van der Waals surface area (Å²) in [6.07, 6.45) is 0. The third-order valence-corrected chi connectivity index (χ3v) is 4.57. The predicted octanol–water partition coefficient (Wildman–Crippen LogP) is 4.16. The Balaban J connectivity index is 1.66. The summed E-state index contributed by atoms with van der Waals surface area (Å²) in [5.41, 5.74) is 3.33. The van der Waals surface area contributed by atoms with Crippen molar-refractivity contribution in [2.75, 3.05) is 32.7 Å². The molecule has 0 saturated carbocycles. The molecule has 2 aromatic rings. The van der Waals surface area contributed by atoms with E-state index in [1.165, 1.54) is 0 Å². The fraction of sp³-hybridized carbons (Fsp3) is 0.409. The molecule has 3 rings (SSSR count). The van der Waals surface area contributed by atoms with Gasteiger partial charge in [0.05, 0.1) is 0 Å². The Kier molecular flexibility index (Phi) is 5.24. The van der Waals surface area contributed by atoms with Crippen molar-refractivity contribution in [3.05, 3.63) is 60.2 Å². The maximum Gasteiger partial charge on any atom is 0.253 e.